The van der Waals surface area contributed by atoms with E-state index < -0.39 is 0 Å². The van der Waals surface area contributed by atoms with Gasteiger partial charge in [-0.05, 0) is 76.0 Å². The largest absolute Gasteiger partial charge is 0.512 e. The Hall–Kier alpha value is -5.10. The molecule has 52 heavy (non-hydrogen) atoms. The fourth-order valence-electron chi connectivity index (χ4n) is 7.56. The molecule has 0 bridgehead atoms. The monoisotopic (exact) mass is 859 g/mol. The summed E-state index contributed by atoms with van der Waals surface area (Å²) < 4.78 is 0. The van der Waals surface area contributed by atoms with Crippen LogP contribution in [0.15, 0.2) is 96.8 Å². The Morgan fingerprint density at radius 2 is 0.885 bits per heavy atom. The maximum atomic E-state index is 10.0. The summed E-state index contributed by atoms with van der Waals surface area (Å²) in [5.41, 5.74) is 8.85. The molecule has 1 radical (unpaired) electrons. The predicted molar refractivity (Wildman–Crippen MR) is 207 cm³/mol. The SMILES string of the molecule is CC(=O)/C=C(/C)O.[Ir].[c-]1cccc2c1c1nc3c(nc1c1ccccc21)CCCC3.[c-]1cccc2c1c1nc3c(nc1c1ccccc21)CCCC3. The summed E-state index contributed by atoms with van der Waals surface area (Å²) in [7, 11) is 0. The summed E-state index contributed by atoms with van der Waals surface area (Å²) in [5.74, 6) is -0.0625. The van der Waals surface area contributed by atoms with E-state index in [1.807, 2.05) is 24.3 Å². The number of nitrogens with zero attached hydrogens (tertiary/aromatic N) is 4. The van der Waals surface area contributed by atoms with Crippen molar-refractivity contribution in [3.05, 3.63) is 132 Å². The van der Waals surface area contributed by atoms with Crippen LogP contribution in [-0.2, 0) is 50.6 Å². The van der Waals surface area contributed by atoms with Crippen molar-refractivity contribution in [2.24, 2.45) is 0 Å². The normalized spacial score (nSPS) is 13.8. The Morgan fingerprint density at radius 1 is 0.538 bits per heavy atom. The van der Waals surface area contributed by atoms with E-state index in [-0.39, 0.29) is 31.6 Å². The fraction of sp³-hybridized carbons (Fsp3) is 0.222. The molecule has 0 saturated heterocycles. The van der Waals surface area contributed by atoms with Gasteiger partial charge < -0.3 is 5.11 Å². The van der Waals surface area contributed by atoms with E-state index in [4.69, 9.17) is 25.0 Å². The van der Waals surface area contributed by atoms with Crippen LogP contribution in [0, 0.1) is 12.1 Å². The van der Waals surface area contributed by atoms with E-state index in [1.54, 1.807) is 0 Å². The molecule has 0 atom stereocenters. The second-order valence-electron chi connectivity index (χ2n) is 13.4. The van der Waals surface area contributed by atoms with Gasteiger partial charge in [-0.1, -0.05) is 70.1 Å². The predicted octanol–water partition coefficient (Wildman–Crippen LogP) is 10.3. The molecular weight excluding hydrogens is 821 g/mol. The van der Waals surface area contributed by atoms with Crippen LogP contribution in [0.5, 0.6) is 0 Å². The summed E-state index contributed by atoms with van der Waals surface area (Å²) in [4.78, 5) is 30.0. The van der Waals surface area contributed by atoms with Crippen LogP contribution in [0.25, 0.3) is 65.2 Å². The first-order valence-corrected chi connectivity index (χ1v) is 17.9. The van der Waals surface area contributed by atoms with Crippen LogP contribution in [-0.4, -0.2) is 30.8 Å². The first-order chi connectivity index (χ1) is 25.0. The number of aliphatic hydroxyl groups is 1. The third kappa shape index (κ3) is 6.79. The first kappa shape index (κ1) is 35.3. The number of aliphatic hydroxyl groups excluding tert-OH is 1. The van der Waals surface area contributed by atoms with Gasteiger partial charge in [0.25, 0.3) is 0 Å². The average molecular weight is 859 g/mol. The van der Waals surface area contributed by atoms with Gasteiger partial charge in [-0.25, -0.2) is 0 Å². The third-order valence-electron chi connectivity index (χ3n) is 9.80. The number of aryl methyl sites for hydroxylation is 4. The molecule has 6 aromatic carbocycles. The van der Waals surface area contributed by atoms with E-state index in [1.165, 1.54) is 101 Å². The number of hydrogen-bond acceptors (Lipinski definition) is 6. The molecule has 0 unspecified atom stereocenters. The van der Waals surface area contributed by atoms with E-state index in [0.717, 1.165) is 58.5 Å². The van der Waals surface area contributed by atoms with Crippen LogP contribution in [0.2, 0.25) is 0 Å². The molecule has 8 aromatic rings. The minimum atomic E-state index is -0.125. The van der Waals surface area contributed by atoms with E-state index in [9.17, 15) is 4.79 Å². The Kier molecular flexibility index (Phi) is 10.4. The number of carbonyl (C=O) groups is 1. The second kappa shape index (κ2) is 15.2. The van der Waals surface area contributed by atoms with Crippen molar-refractivity contribution in [2.75, 3.05) is 0 Å². The number of carbonyl (C=O) groups excluding carboxylic acids is 1. The Balaban J connectivity index is 0.000000135. The zero-order valence-electron chi connectivity index (χ0n) is 29.3. The van der Waals surface area contributed by atoms with Crippen molar-refractivity contribution < 1.29 is 30.0 Å². The maximum Gasteiger partial charge on any atom is 0.155 e. The van der Waals surface area contributed by atoms with E-state index >= 15 is 0 Å². The number of rotatable bonds is 1. The molecule has 0 amide bonds. The number of hydrogen-bond donors (Lipinski definition) is 1. The van der Waals surface area contributed by atoms with Gasteiger partial charge in [0.2, 0.25) is 0 Å². The molecule has 2 heterocycles. The van der Waals surface area contributed by atoms with Crippen molar-refractivity contribution in [2.45, 2.75) is 65.2 Å². The minimum Gasteiger partial charge on any atom is -0.512 e. The fourth-order valence-corrected chi connectivity index (χ4v) is 7.56. The molecule has 0 aliphatic heterocycles. The standard InChI is InChI=1S/2C20H15N2.C5H8O2.Ir/c2*1-3-9-15-13(7-1)14-8-2-4-10-16(14)20-19(15)21-17-11-5-6-12-18(17)22-20;1-4(6)3-5(2)7;/h2*1-4,7-9H,5-6,11-12H2;3,6H,1-2H3;/q2*-1;;/b;;4-3-;. The molecule has 7 heteroatoms. The molecule has 2 aliphatic carbocycles. The smallest absolute Gasteiger partial charge is 0.155 e. The van der Waals surface area contributed by atoms with Crippen LogP contribution in [0.3, 0.4) is 0 Å². The molecule has 10 rings (SSSR count). The van der Waals surface area contributed by atoms with Crippen molar-refractivity contribution in [1.82, 2.24) is 19.9 Å². The minimum absolute atomic E-state index is 0. The summed E-state index contributed by atoms with van der Waals surface area (Å²) >= 11 is 0. The zero-order chi connectivity index (χ0) is 34.9. The van der Waals surface area contributed by atoms with Gasteiger partial charge in [-0.15, -0.1) is 59.3 Å². The van der Waals surface area contributed by atoms with Crippen LogP contribution >= 0.6 is 0 Å². The van der Waals surface area contributed by atoms with Crippen molar-refractivity contribution in [3.8, 4) is 0 Å². The molecule has 2 aliphatic rings. The quantitative estimate of drug-likeness (QED) is 0.0766. The molecule has 2 aromatic heterocycles. The average Bonchev–Trinajstić information content (AvgIpc) is 3.17. The summed E-state index contributed by atoms with van der Waals surface area (Å²) in [5, 5.41) is 17.9. The Bertz CT molecular complexity index is 2330. The van der Waals surface area contributed by atoms with Gasteiger partial charge >= 0.3 is 0 Å². The van der Waals surface area contributed by atoms with Crippen molar-refractivity contribution in [3.63, 3.8) is 0 Å². The molecular formula is C45H38IrN4O2-2. The number of allylic oxidation sites excluding steroid dienone is 2. The third-order valence-corrected chi connectivity index (χ3v) is 9.80. The van der Waals surface area contributed by atoms with Crippen molar-refractivity contribution in [1.29, 1.82) is 0 Å². The Labute approximate surface area is 316 Å². The summed E-state index contributed by atoms with van der Waals surface area (Å²) in [6.45, 7) is 2.85. The van der Waals surface area contributed by atoms with Gasteiger partial charge in [0.15, 0.2) is 5.78 Å². The van der Waals surface area contributed by atoms with Crippen LogP contribution < -0.4 is 0 Å². The molecule has 6 nitrogen and oxygen atoms in total. The summed E-state index contributed by atoms with van der Waals surface area (Å²) in [6.07, 6.45) is 10.3. The van der Waals surface area contributed by atoms with Crippen molar-refractivity contribution >= 4 is 70.9 Å². The second-order valence-corrected chi connectivity index (χ2v) is 13.4. The Morgan fingerprint density at radius 3 is 1.23 bits per heavy atom. The van der Waals surface area contributed by atoms with Gasteiger partial charge in [0.05, 0.1) is 39.6 Å². The number of ketones is 1. The number of fused-ring (bicyclic) bond motifs is 14. The van der Waals surface area contributed by atoms with Gasteiger partial charge in [0, 0.05) is 37.2 Å². The zero-order valence-corrected chi connectivity index (χ0v) is 31.7. The number of benzene rings is 6. The number of aromatic nitrogens is 4. The van der Waals surface area contributed by atoms with Gasteiger partial charge in [-0.3, -0.25) is 24.7 Å². The van der Waals surface area contributed by atoms with E-state index in [0.29, 0.717) is 0 Å². The van der Waals surface area contributed by atoms with E-state index in [2.05, 4.69) is 72.8 Å². The summed E-state index contributed by atoms with van der Waals surface area (Å²) in [6, 6.07) is 36.2. The van der Waals surface area contributed by atoms with Gasteiger partial charge in [-0.2, -0.15) is 0 Å². The van der Waals surface area contributed by atoms with Crippen LogP contribution in [0.4, 0.5) is 0 Å². The van der Waals surface area contributed by atoms with Gasteiger partial charge in [0.1, 0.15) is 0 Å². The molecule has 0 spiro atoms. The first-order valence-electron chi connectivity index (χ1n) is 17.9. The molecule has 0 saturated carbocycles. The van der Waals surface area contributed by atoms with Crippen LogP contribution in [0.1, 0.15) is 62.3 Å². The molecule has 1 N–H and O–H groups in total. The molecule has 261 valence electrons. The topological polar surface area (TPSA) is 88.9 Å². The molecule has 0 fully saturated rings. The maximum absolute atomic E-state index is 10.0.